The summed E-state index contributed by atoms with van der Waals surface area (Å²) in [6, 6.07) is 1.08. The van der Waals surface area contributed by atoms with E-state index >= 15 is 0 Å². The van der Waals surface area contributed by atoms with Crippen LogP contribution in [0.3, 0.4) is 0 Å². The van der Waals surface area contributed by atoms with Crippen molar-refractivity contribution < 1.29 is 18.4 Å². The lowest BCUT2D eigenvalue weighted by Gasteiger charge is -2.41. The van der Waals surface area contributed by atoms with Crippen LogP contribution in [0.15, 0.2) is 12.2 Å². The van der Waals surface area contributed by atoms with E-state index in [0.717, 1.165) is 12.5 Å². The maximum atomic E-state index is 11.4. The van der Waals surface area contributed by atoms with E-state index in [0.29, 0.717) is 18.1 Å². The fourth-order valence-electron chi connectivity index (χ4n) is 2.92. The van der Waals surface area contributed by atoms with Gasteiger partial charge in [-0.15, -0.1) is 0 Å². The lowest BCUT2D eigenvalue weighted by Crippen LogP contribution is -2.55. The van der Waals surface area contributed by atoms with Gasteiger partial charge in [0.15, 0.2) is 8.32 Å². The van der Waals surface area contributed by atoms with Crippen molar-refractivity contribution in [1.82, 2.24) is 0 Å². The zero-order valence-electron chi connectivity index (χ0n) is 16.3. The first kappa shape index (κ1) is 22.6. The largest absolute Gasteiger partial charge is 0.460 e. The van der Waals surface area contributed by atoms with E-state index in [4.69, 9.17) is 13.6 Å². The number of ether oxygens (including phenoxy) is 2. The van der Waals surface area contributed by atoms with Crippen molar-refractivity contribution in [3.8, 4) is 0 Å². The summed E-state index contributed by atoms with van der Waals surface area (Å²) < 4.78 is 17.8. The van der Waals surface area contributed by atoms with Crippen LogP contribution in [0.2, 0.25) is 32.2 Å². The van der Waals surface area contributed by atoms with Crippen LogP contribution in [0.1, 0.15) is 34.1 Å². The highest BCUT2D eigenvalue weighted by atomic mass is 28.4. The molecule has 2 atom stereocenters. The molecule has 0 aliphatic heterocycles. The first-order valence-electron chi connectivity index (χ1n) is 8.55. The van der Waals surface area contributed by atoms with Gasteiger partial charge in [0.05, 0.1) is 12.3 Å². The van der Waals surface area contributed by atoms with Gasteiger partial charge in [0.1, 0.15) is 6.61 Å². The molecule has 0 fully saturated rings. The molecule has 0 saturated heterocycles. The standard InChI is InChI=1S/C17H36O4Si2/c1-10-16(19-11-12-20-17(18)15(4)5)23(9,13-14(2)3)21-22(6,7)8/h14,16H,4,10-13H2,1-3,5-9H3. The minimum absolute atomic E-state index is 0.125. The predicted octanol–water partition coefficient (Wildman–Crippen LogP) is 4.52. The summed E-state index contributed by atoms with van der Waals surface area (Å²) in [5.41, 5.74) is 0.540. The van der Waals surface area contributed by atoms with Crippen molar-refractivity contribution >= 4 is 22.6 Å². The maximum absolute atomic E-state index is 11.4. The summed E-state index contributed by atoms with van der Waals surface area (Å²) in [5, 5.41) is 0. The van der Waals surface area contributed by atoms with Crippen LogP contribution < -0.4 is 0 Å². The average Bonchev–Trinajstić information content (AvgIpc) is 2.34. The summed E-state index contributed by atoms with van der Waals surface area (Å²) in [6.07, 6.45) is 0.925. The summed E-state index contributed by atoms with van der Waals surface area (Å²) in [4.78, 5) is 11.4. The summed E-state index contributed by atoms with van der Waals surface area (Å²) >= 11 is 0. The third-order valence-electron chi connectivity index (χ3n) is 3.39. The molecule has 0 radical (unpaired) electrons. The molecule has 0 aliphatic rings. The minimum atomic E-state index is -1.99. The molecular weight excluding hydrogens is 324 g/mol. The molecule has 0 bridgehead atoms. The van der Waals surface area contributed by atoms with Gasteiger partial charge >= 0.3 is 5.97 Å². The van der Waals surface area contributed by atoms with Crippen LogP contribution in [-0.2, 0) is 18.4 Å². The molecule has 0 rings (SSSR count). The molecular formula is C17H36O4Si2. The number of carbonyl (C=O) groups is 1. The second-order valence-electron chi connectivity index (χ2n) is 7.81. The van der Waals surface area contributed by atoms with Crippen LogP contribution in [0, 0.1) is 5.92 Å². The summed E-state index contributed by atoms with van der Waals surface area (Å²) in [5.74, 6) is 0.226. The highest BCUT2D eigenvalue weighted by Gasteiger charge is 2.42. The molecule has 0 aromatic heterocycles. The van der Waals surface area contributed by atoms with Crippen LogP contribution in [0.5, 0.6) is 0 Å². The molecule has 0 spiro atoms. The molecule has 0 heterocycles. The Morgan fingerprint density at radius 1 is 1.13 bits per heavy atom. The Labute approximate surface area is 144 Å². The number of carbonyl (C=O) groups excluding carboxylic acids is 1. The summed E-state index contributed by atoms with van der Waals surface area (Å²) in [7, 11) is -3.63. The number of rotatable bonds is 11. The fraction of sp³-hybridized carbons (Fsp3) is 0.824. The van der Waals surface area contributed by atoms with E-state index < -0.39 is 16.6 Å². The average molecular weight is 361 g/mol. The van der Waals surface area contributed by atoms with Crippen LogP contribution >= 0.6 is 0 Å². The molecule has 0 amide bonds. The topological polar surface area (TPSA) is 44.8 Å². The smallest absolute Gasteiger partial charge is 0.333 e. The molecule has 0 aromatic rings. The van der Waals surface area contributed by atoms with Crippen LogP contribution in [-0.4, -0.2) is 41.5 Å². The first-order valence-corrected chi connectivity index (χ1v) is 14.7. The molecule has 0 aliphatic carbocycles. The normalized spacial score (nSPS) is 16.0. The molecule has 2 unspecified atom stereocenters. The van der Waals surface area contributed by atoms with E-state index in [1.165, 1.54) is 0 Å². The van der Waals surface area contributed by atoms with E-state index in [1.54, 1.807) is 6.92 Å². The maximum Gasteiger partial charge on any atom is 0.333 e. The van der Waals surface area contributed by atoms with Crippen molar-refractivity contribution in [2.24, 2.45) is 5.92 Å². The lowest BCUT2D eigenvalue weighted by atomic mass is 10.3. The number of hydrogen-bond donors (Lipinski definition) is 0. The fourth-order valence-corrected chi connectivity index (χ4v) is 12.6. The Kier molecular flexibility index (Phi) is 9.58. The Morgan fingerprint density at radius 2 is 1.70 bits per heavy atom. The number of hydrogen-bond acceptors (Lipinski definition) is 4. The van der Waals surface area contributed by atoms with Gasteiger partial charge < -0.3 is 13.6 Å². The monoisotopic (exact) mass is 360 g/mol. The third-order valence-corrected chi connectivity index (χ3v) is 11.3. The zero-order valence-corrected chi connectivity index (χ0v) is 18.3. The van der Waals surface area contributed by atoms with Gasteiger partial charge in [-0.1, -0.05) is 27.4 Å². The zero-order chi connectivity index (χ0) is 18.3. The van der Waals surface area contributed by atoms with Crippen LogP contribution in [0.25, 0.3) is 0 Å². The molecule has 0 aromatic carbocycles. The van der Waals surface area contributed by atoms with Crippen molar-refractivity contribution in [2.75, 3.05) is 13.2 Å². The van der Waals surface area contributed by atoms with Crippen molar-refractivity contribution in [3.05, 3.63) is 12.2 Å². The predicted molar refractivity (Wildman–Crippen MR) is 101 cm³/mol. The SMILES string of the molecule is C=C(C)C(=O)OCCOC(CC)[Si](C)(CC(C)C)O[Si](C)(C)C. The molecule has 4 nitrogen and oxygen atoms in total. The van der Waals surface area contributed by atoms with E-state index in [1.807, 2.05) is 0 Å². The Balaban J connectivity index is 4.76. The van der Waals surface area contributed by atoms with Crippen molar-refractivity contribution in [2.45, 2.75) is 72.1 Å². The first-order chi connectivity index (χ1) is 10.4. The van der Waals surface area contributed by atoms with Gasteiger partial charge in [0.25, 0.3) is 0 Å². The number of esters is 1. The molecule has 23 heavy (non-hydrogen) atoms. The van der Waals surface area contributed by atoms with E-state index in [2.05, 4.69) is 53.5 Å². The minimum Gasteiger partial charge on any atom is -0.460 e. The van der Waals surface area contributed by atoms with Crippen molar-refractivity contribution in [3.63, 3.8) is 0 Å². The van der Waals surface area contributed by atoms with Crippen LogP contribution in [0.4, 0.5) is 0 Å². The Hall–Kier alpha value is -0.436. The van der Waals surface area contributed by atoms with E-state index in [9.17, 15) is 4.79 Å². The van der Waals surface area contributed by atoms with Gasteiger partial charge in [0, 0.05) is 5.57 Å². The summed E-state index contributed by atoms with van der Waals surface area (Å²) in [6.45, 7) is 21.5. The quantitative estimate of drug-likeness (QED) is 0.235. The van der Waals surface area contributed by atoms with Crippen molar-refractivity contribution in [1.29, 1.82) is 0 Å². The molecule has 0 N–H and O–H groups in total. The van der Waals surface area contributed by atoms with Gasteiger partial charge in [-0.25, -0.2) is 4.79 Å². The lowest BCUT2D eigenvalue weighted by molar-refractivity contribution is -0.140. The van der Waals surface area contributed by atoms with Gasteiger partial charge in [-0.2, -0.15) is 0 Å². The van der Waals surface area contributed by atoms with Gasteiger partial charge in [-0.05, 0) is 51.5 Å². The third kappa shape index (κ3) is 9.44. The highest BCUT2D eigenvalue weighted by molar-refractivity contribution is 6.85. The van der Waals surface area contributed by atoms with E-state index in [-0.39, 0.29) is 18.3 Å². The second kappa shape index (κ2) is 9.76. The second-order valence-corrected chi connectivity index (χ2v) is 16.5. The highest BCUT2D eigenvalue weighted by Crippen LogP contribution is 2.29. The molecule has 136 valence electrons. The van der Waals surface area contributed by atoms with Gasteiger partial charge in [-0.3, -0.25) is 0 Å². The Morgan fingerprint density at radius 3 is 2.09 bits per heavy atom. The van der Waals surface area contributed by atoms with Gasteiger partial charge in [0.2, 0.25) is 8.32 Å². The molecule has 6 heteroatoms. The molecule has 0 saturated carbocycles. The Bertz CT molecular complexity index is 391.